The molecule has 0 aromatic carbocycles. The van der Waals surface area contributed by atoms with Gasteiger partial charge in [-0.1, -0.05) is 19.2 Å². The van der Waals surface area contributed by atoms with Gasteiger partial charge >= 0.3 is 0 Å². The first-order valence-electron chi connectivity index (χ1n) is 7.44. The highest BCUT2D eigenvalue weighted by atomic mass is 28.3. The fourth-order valence-corrected chi connectivity index (χ4v) is 7.24. The van der Waals surface area contributed by atoms with Crippen LogP contribution in [-0.2, 0) is 0 Å². The average molecular weight is 296 g/mol. The van der Waals surface area contributed by atoms with Crippen LogP contribution in [-0.4, -0.2) is 51.8 Å². The minimum Gasteiger partial charge on any atom is -0.380 e. The van der Waals surface area contributed by atoms with E-state index in [9.17, 15) is 0 Å². The molecule has 1 N–H and O–H groups in total. The largest absolute Gasteiger partial charge is 0.380 e. The summed E-state index contributed by atoms with van der Waals surface area (Å²) in [6.45, 7) is 13.9. The molecule has 116 valence electrons. The summed E-state index contributed by atoms with van der Waals surface area (Å²) in [5.41, 5.74) is 4.95. The molecule has 3 nitrogen and oxygen atoms in total. The molecule has 0 spiro atoms. The highest BCUT2D eigenvalue weighted by Gasteiger charge is 2.41. The summed E-state index contributed by atoms with van der Waals surface area (Å²) in [4.78, 5) is 8.45. The van der Waals surface area contributed by atoms with E-state index in [1.807, 2.05) is 0 Å². The summed E-state index contributed by atoms with van der Waals surface area (Å²) < 4.78 is 0. The molecule has 1 aliphatic carbocycles. The number of nitrogens with zero attached hydrogens (tertiary/aromatic N) is 2. The molecule has 0 aromatic heterocycles. The van der Waals surface area contributed by atoms with E-state index in [1.165, 1.54) is 17.0 Å². The van der Waals surface area contributed by atoms with Crippen LogP contribution >= 0.6 is 0 Å². The Kier molecular flexibility index (Phi) is 4.82. The van der Waals surface area contributed by atoms with E-state index in [-0.39, 0.29) is 5.54 Å². The zero-order valence-corrected chi connectivity index (χ0v) is 16.0. The van der Waals surface area contributed by atoms with E-state index in [2.05, 4.69) is 89.8 Å². The van der Waals surface area contributed by atoms with E-state index in [0.717, 1.165) is 0 Å². The lowest BCUT2D eigenvalue weighted by Gasteiger charge is -2.39. The second-order valence-corrected chi connectivity index (χ2v) is 12.2. The minimum absolute atomic E-state index is 0.162. The lowest BCUT2D eigenvalue weighted by molar-refractivity contribution is 0.478. The van der Waals surface area contributed by atoms with Gasteiger partial charge in [-0.05, 0) is 33.3 Å². The van der Waals surface area contributed by atoms with Gasteiger partial charge in [0.2, 0.25) is 0 Å². The van der Waals surface area contributed by atoms with Gasteiger partial charge in [-0.15, -0.1) is 0 Å². The van der Waals surface area contributed by atoms with Gasteiger partial charge in [-0.2, -0.15) is 0 Å². The highest BCUT2D eigenvalue weighted by Crippen LogP contribution is 2.42. The summed E-state index contributed by atoms with van der Waals surface area (Å²) in [5, 5.41) is 0. The molecule has 0 fully saturated rings. The normalized spacial score (nSPS) is 20.3. The van der Waals surface area contributed by atoms with E-state index >= 15 is 0 Å². The molecule has 4 heteroatoms. The third-order valence-electron chi connectivity index (χ3n) is 3.83. The van der Waals surface area contributed by atoms with Gasteiger partial charge in [0.25, 0.3) is 0 Å². The van der Waals surface area contributed by atoms with Gasteiger partial charge in [0.15, 0.2) is 0 Å². The summed E-state index contributed by atoms with van der Waals surface area (Å²) >= 11 is 0. The van der Waals surface area contributed by atoms with Crippen molar-refractivity contribution < 1.29 is 0 Å². The number of rotatable bonds is 4. The monoisotopic (exact) mass is 295 g/mol. The van der Waals surface area contributed by atoms with E-state index in [4.69, 9.17) is 0 Å². The van der Waals surface area contributed by atoms with Crippen molar-refractivity contribution in [3.05, 3.63) is 23.0 Å². The van der Waals surface area contributed by atoms with Gasteiger partial charge in [-0.25, -0.2) is 0 Å². The van der Waals surface area contributed by atoms with Crippen molar-refractivity contribution in [2.24, 2.45) is 0 Å². The average Bonchev–Trinajstić information content (AvgIpc) is 2.52. The molecule has 1 rings (SSSR count). The zero-order chi connectivity index (χ0) is 15.9. The molecule has 1 unspecified atom stereocenters. The van der Waals surface area contributed by atoms with Gasteiger partial charge < -0.3 is 14.8 Å². The van der Waals surface area contributed by atoms with Crippen molar-refractivity contribution in [3.63, 3.8) is 0 Å². The molecule has 1 atom stereocenters. The Morgan fingerprint density at radius 1 is 1.05 bits per heavy atom. The molecular weight excluding hydrogens is 262 g/mol. The molecule has 0 saturated carbocycles. The van der Waals surface area contributed by atoms with Crippen LogP contribution in [0.4, 0.5) is 0 Å². The first-order valence-corrected chi connectivity index (χ1v) is 10.5. The van der Waals surface area contributed by atoms with Crippen molar-refractivity contribution >= 4 is 8.24 Å². The Bertz CT molecular complexity index is 425. The first-order chi connectivity index (χ1) is 8.87. The molecule has 0 bridgehead atoms. The quantitative estimate of drug-likeness (QED) is 0.803. The van der Waals surface area contributed by atoms with Gasteiger partial charge in [0.05, 0.1) is 0 Å². The van der Waals surface area contributed by atoms with Gasteiger partial charge in [0.1, 0.15) is 8.24 Å². The lowest BCUT2D eigenvalue weighted by atomic mass is 10.1. The van der Waals surface area contributed by atoms with Crippen molar-refractivity contribution in [1.82, 2.24) is 14.8 Å². The lowest BCUT2D eigenvalue weighted by Crippen LogP contribution is -2.57. The molecule has 0 radical (unpaired) electrons. The summed E-state index contributed by atoms with van der Waals surface area (Å²) in [5.74, 6) is 0. The van der Waals surface area contributed by atoms with Crippen LogP contribution in [0, 0.1) is 0 Å². The smallest absolute Gasteiger partial charge is 0.132 e. The van der Waals surface area contributed by atoms with Crippen LogP contribution in [0.15, 0.2) is 23.0 Å². The fraction of sp³-hybridized carbons (Fsp3) is 0.750. The molecule has 0 heterocycles. The topological polar surface area (TPSA) is 18.5 Å². The Labute approximate surface area is 126 Å². The zero-order valence-electron chi connectivity index (χ0n) is 15.0. The second-order valence-electron chi connectivity index (χ2n) is 7.93. The third-order valence-corrected chi connectivity index (χ3v) is 7.22. The second kappa shape index (κ2) is 5.56. The summed E-state index contributed by atoms with van der Waals surface area (Å²) in [7, 11) is 6.99. The first kappa shape index (κ1) is 17.3. The van der Waals surface area contributed by atoms with Gasteiger partial charge in [-0.3, -0.25) is 0 Å². The van der Waals surface area contributed by atoms with Crippen molar-refractivity contribution in [3.8, 4) is 0 Å². The van der Waals surface area contributed by atoms with E-state index < -0.39 is 8.24 Å². The Morgan fingerprint density at radius 3 is 1.90 bits per heavy atom. The number of hydrogen-bond acceptors (Lipinski definition) is 3. The predicted octanol–water partition coefficient (Wildman–Crippen LogP) is 3.24. The van der Waals surface area contributed by atoms with Gasteiger partial charge in [0, 0.05) is 50.7 Å². The minimum atomic E-state index is -1.61. The molecule has 0 amide bonds. The van der Waals surface area contributed by atoms with E-state index in [1.54, 1.807) is 0 Å². The molecule has 1 aliphatic rings. The van der Waals surface area contributed by atoms with Crippen LogP contribution < -0.4 is 4.98 Å². The van der Waals surface area contributed by atoms with E-state index in [0.29, 0.717) is 5.54 Å². The molecule has 0 saturated heterocycles. The van der Waals surface area contributed by atoms with Crippen LogP contribution in [0.2, 0.25) is 18.6 Å². The molecule has 20 heavy (non-hydrogen) atoms. The van der Waals surface area contributed by atoms with Crippen LogP contribution in [0.5, 0.6) is 0 Å². The van der Waals surface area contributed by atoms with Crippen LogP contribution in [0.3, 0.4) is 0 Å². The van der Waals surface area contributed by atoms with Crippen molar-refractivity contribution in [2.45, 2.75) is 51.9 Å². The Hall–Kier alpha value is -0.743. The standard InChI is InChI=1S/C16H33N3Si/c1-12-13(18(5)6)11-14(15(12)19(7)8)20(9,10)17-16(2,3)4/h11,14,17H,1-10H3. The summed E-state index contributed by atoms with van der Waals surface area (Å²) in [6, 6.07) is 0. The van der Waals surface area contributed by atoms with Crippen LogP contribution in [0.25, 0.3) is 0 Å². The summed E-state index contributed by atoms with van der Waals surface area (Å²) in [6.07, 6.45) is 2.47. The number of allylic oxidation sites excluding steroid dienone is 2. The number of hydrogen-bond donors (Lipinski definition) is 1. The maximum absolute atomic E-state index is 3.92. The highest BCUT2D eigenvalue weighted by molar-refractivity contribution is 6.77. The molecule has 0 aromatic rings. The molecular formula is C16H33N3Si. The number of nitrogens with one attached hydrogen (secondary N) is 1. The molecule has 0 aliphatic heterocycles. The maximum Gasteiger partial charge on any atom is 0.132 e. The van der Waals surface area contributed by atoms with Crippen molar-refractivity contribution in [1.29, 1.82) is 0 Å². The number of likely N-dealkylation sites (N-methyl/N-ethyl adjacent to an activating group) is 1. The fourth-order valence-electron chi connectivity index (χ4n) is 3.42. The Morgan fingerprint density at radius 2 is 1.55 bits per heavy atom. The third kappa shape index (κ3) is 3.67. The predicted molar refractivity (Wildman–Crippen MR) is 92.3 cm³/mol. The van der Waals surface area contributed by atoms with Crippen LogP contribution in [0.1, 0.15) is 27.7 Å². The Balaban J connectivity index is 3.22. The van der Waals surface area contributed by atoms with Crippen molar-refractivity contribution in [2.75, 3.05) is 28.2 Å². The SMILES string of the molecule is CC1=C(N(C)C)C([Si](C)(C)NC(C)(C)C)C=C1N(C)C. The maximum atomic E-state index is 3.92.